The molecule has 1 aromatic heterocycles. The Morgan fingerprint density at radius 1 is 1.15 bits per heavy atom. The average Bonchev–Trinajstić information content (AvgIpc) is 2.82. The molecule has 0 spiro atoms. The molecular weight excluding hydrogens is 342 g/mol. The van der Waals surface area contributed by atoms with Gasteiger partial charge in [-0.15, -0.1) is 0 Å². The van der Waals surface area contributed by atoms with E-state index in [1.54, 1.807) is 0 Å². The molecule has 0 saturated heterocycles. The Morgan fingerprint density at radius 2 is 1.85 bits per heavy atom. The molecular formula is C21H31N3OS. The summed E-state index contributed by atoms with van der Waals surface area (Å²) < 4.78 is 2.23. The fourth-order valence-electron chi connectivity index (χ4n) is 2.84. The fourth-order valence-corrected chi connectivity index (χ4v) is 3.76. The van der Waals surface area contributed by atoms with Crippen LogP contribution >= 0.6 is 11.8 Å². The van der Waals surface area contributed by atoms with Crippen LogP contribution in [0, 0.1) is 33.6 Å². The van der Waals surface area contributed by atoms with Crippen molar-refractivity contribution in [3.8, 4) is 0 Å². The van der Waals surface area contributed by atoms with E-state index in [0.717, 1.165) is 23.0 Å². The van der Waals surface area contributed by atoms with Crippen LogP contribution in [0.5, 0.6) is 0 Å². The molecule has 0 saturated carbocycles. The van der Waals surface area contributed by atoms with E-state index in [9.17, 15) is 4.79 Å². The summed E-state index contributed by atoms with van der Waals surface area (Å²) >= 11 is 1.51. The van der Waals surface area contributed by atoms with Crippen molar-refractivity contribution >= 4 is 17.7 Å². The van der Waals surface area contributed by atoms with E-state index < -0.39 is 0 Å². The largest absolute Gasteiger partial charge is 0.349 e. The van der Waals surface area contributed by atoms with Gasteiger partial charge in [-0.05, 0) is 57.2 Å². The van der Waals surface area contributed by atoms with Crippen molar-refractivity contribution in [1.82, 2.24) is 14.9 Å². The predicted octanol–water partition coefficient (Wildman–Crippen LogP) is 4.74. The highest BCUT2D eigenvalue weighted by atomic mass is 32.2. The van der Waals surface area contributed by atoms with Crippen LogP contribution in [-0.2, 0) is 11.3 Å². The third-order valence-electron chi connectivity index (χ3n) is 4.71. The maximum Gasteiger partial charge on any atom is 0.230 e. The lowest BCUT2D eigenvalue weighted by atomic mass is 10.0. The number of hydrogen-bond donors (Lipinski definition) is 1. The molecule has 1 amide bonds. The molecule has 2 aromatic rings. The standard InChI is InChI=1S/C21H31N3OS/c1-13(2)11-24-18(7)16(5)23-21(24)26-12-20(25)22-17(6)19-9-8-14(3)15(4)10-19/h8-10,13,17H,11-12H2,1-7H3,(H,22,25). The summed E-state index contributed by atoms with van der Waals surface area (Å²) in [6.07, 6.45) is 0. The molecule has 2 rings (SSSR count). The first-order valence-corrected chi connectivity index (χ1v) is 10.2. The Bertz CT molecular complexity index is 780. The number of aromatic nitrogens is 2. The molecule has 1 atom stereocenters. The number of imidazole rings is 1. The zero-order chi connectivity index (χ0) is 19.4. The second-order valence-corrected chi connectivity index (χ2v) is 8.43. The molecule has 0 bridgehead atoms. The number of thioether (sulfide) groups is 1. The van der Waals surface area contributed by atoms with Gasteiger partial charge in [-0.3, -0.25) is 4.79 Å². The molecule has 1 heterocycles. The maximum absolute atomic E-state index is 12.4. The number of amides is 1. The van der Waals surface area contributed by atoms with Crippen molar-refractivity contribution in [2.24, 2.45) is 5.92 Å². The van der Waals surface area contributed by atoms with Gasteiger partial charge in [0.15, 0.2) is 5.16 Å². The van der Waals surface area contributed by atoms with Gasteiger partial charge in [0, 0.05) is 12.2 Å². The molecule has 5 heteroatoms. The minimum Gasteiger partial charge on any atom is -0.349 e. The molecule has 0 radical (unpaired) electrons. The van der Waals surface area contributed by atoms with Crippen LogP contribution in [0.15, 0.2) is 23.4 Å². The lowest BCUT2D eigenvalue weighted by Crippen LogP contribution is -2.28. The van der Waals surface area contributed by atoms with E-state index in [1.807, 2.05) is 13.8 Å². The summed E-state index contributed by atoms with van der Waals surface area (Å²) in [4.78, 5) is 17.0. The van der Waals surface area contributed by atoms with E-state index in [0.29, 0.717) is 11.7 Å². The van der Waals surface area contributed by atoms with Gasteiger partial charge in [0.1, 0.15) is 0 Å². The lowest BCUT2D eigenvalue weighted by molar-refractivity contribution is -0.119. The topological polar surface area (TPSA) is 46.9 Å². The van der Waals surface area contributed by atoms with Gasteiger partial charge < -0.3 is 9.88 Å². The third kappa shape index (κ3) is 5.13. The first kappa shape index (κ1) is 20.6. The minimum atomic E-state index is 0.00119. The van der Waals surface area contributed by atoms with Crippen LogP contribution < -0.4 is 5.32 Å². The van der Waals surface area contributed by atoms with Crippen LogP contribution in [-0.4, -0.2) is 21.2 Å². The molecule has 4 nitrogen and oxygen atoms in total. The molecule has 142 valence electrons. The van der Waals surface area contributed by atoms with E-state index >= 15 is 0 Å². The average molecular weight is 374 g/mol. The van der Waals surface area contributed by atoms with Crippen molar-refractivity contribution in [2.45, 2.75) is 66.2 Å². The second kappa shape index (κ2) is 8.76. The summed E-state index contributed by atoms with van der Waals surface area (Å²) in [7, 11) is 0. The quantitative estimate of drug-likeness (QED) is 0.713. The summed E-state index contributed by atoms with van der Waals surface area (Å²) in [6.45, 7) is 15.7. The highest BCUT2D eigenvalue weighted by molar-refractivity contribution is 7.99. The van der Waals surface area contributed by atoms with Crippen molar-refractivity contribution in [2.75, 3.05) is 5.75 Å². The van der Waals surface area contributed by atoms with Gasteiger partial charge in [-0.25, -0.2) is 4.98 Å². The van der Waals surface area contributed by atoms with Crippen molar-refractivity contribution in [3.63, 3.8) is 0 Å². The molecule has 0 aliphatic carbocycles. The molecule has 0 fully saturated rings. The number of hydrogen-bond acceptors (Lipinski definition) is 3. The number of nitrogens with one attached hydrogen (secondary N) is 1. The molecule has 0 aliphatic heterocycles. The Balaban J connectivity index is 1.98. The van der Waals surface area contributed by atoms with Crippen LogP contribution in [0.25, 0.3) is 0 Å². The third-order valence-corrected chi connectivity index (χ3v) is 5.69. The van der Waals surface area contributed by atoms with Crippen LogP contribution in [0.4, 0.5) is 0 Å². The lowest BCUT2D eigenvalue weighted by Gasteiger charge is -2.16. The van der Waals surface area contributed by atoms with E-state index in [1.165, 1.54) is 28.6 Å². The number of benzene rings is 1. The monoisotopic (exact) mass is 373 g/mol. The summed E-state index contributed by atoms with van der Waals surface area (Å²) in [5.74, 6) is 0.957. The first-order chi connectivity index (χ1) is 12.2. The molecule has 26 heavy (non-hydrogen) atoms. The van der Waals surface area contributed by atoms with Crippen LogP contribution in [0.2, 0.25) is 0 Å². The van der Waals surface area contributed by atoms with Gasteiger partial charge in [0.25, 0.3) is 0 Å². The van der Waals surface area contributed by atoms with Crippen molar-refractivity contribution in [3.05, 3.63) is 46.3 Å². The number of nitrogens with zero attached hydrogens (tertiary/aromatic N) is 2. The Morgan fingerprint density at radius 3 is 2.46 bits per heavy atom. The predicted molar refractivity (Wildman–Crippen MR) is 110 cm³/mol. The van der Waals surface area contributed by atoms with Crippen LogP contribution in [0.3, 0.4) is 0 Å². The summed E-state index contributed by atoms with van der Waals surface area (Å²) in [6, 6.07) is 6.34. The highest BCUT2D eigenvalue weighted by Gasteiger charge is 2.15. The molecule has 0 aliphatic rings. The first-order valence-electron chi connectivity index (χ1n) is 9.22. The molecule has 1 N–H and O–H groups in total. The smallest absolute Gasteiger partial charge is 0.230 e. The number of carbonyl (C=O) groups is 1. The second-order valence-electron chi connectivity index (χ2n) is 7.49. The zero-order valence-electron chi connectivity index (χ0n) is 17.0. The molecule has 1 unspecified atom stereocenters. The summed E-state index contributed by atoms with van der Waals surface area (Å²) in [5, 5.41) is 4.03. The van der Waals surface area contributed by atoms with Crippen molar-refractivity contribution < 1.29 is 4.79 Å². The van der Waals surface area contributed by atoms with Gasteiger partial charge in [0.2, 0.25) is 5.91 Å². The van der Waals surface area contributed by atoms with Crippen molar-refractivity contribution in [1.29, 1.82) is 0 Å². The fraction of sp³-hybridized carbons (Fsp3) is 0.524. The Kier molecular flexibility index (Phi) is 6.93. The Hall–Kier alpha value is -1.75. The molecule has 1 aromatic carbocycles. The normalized spacial score (nSPS) is 12.5. The maximum atomic E-state index is 12.4. The van der Waals surface area contributed by atoms with E-state index in [4.69, 9.17) is 0 Å². The van der Waals surface area contributed by atoms with Gasteiger partial charge >= 0.3 is 0 Å². The van der Waals surface area contributed by atoms with Crippen LogP contribution in [0.1, 0.15) is 54.9 Å². The number of rotatable bonds is 7. The number of carbonyl (C=O) groups excluding carboxylic acids is 1. The Labute approximate surface area is 161 Å². The summed E-state index contributed by atoms with van der Waals surface area (Å²) in [5.41, 5.74) is 5.88. The van der Waals surface area contributed by atoms with Gasteiger partial charge in [-0.1, -0.05) is 43.8 Å². The zero-order valence-corrected chi connectivity index (χ0v) is 17.8. The number of aryl methyl sites for hydroxylation is 3. The van der Waals surface area contributed by atoms with Gasteiger partial charge in [0.05, 0.1) is 17.5 Å². The minimum absolute atomic E-state index is 0.00119. The van der Waals surface area contributed by atoms with E-state index in [2.05, 4.69) is 67.7 Å². The van der Waals surface area contributed by atoms with E-state index in [-0.39, 0.29) is 11.9 Å². The highest BCUT2D eigenvalue weighted by Crippen LogP contribution is 2.23. The SMILES string of the molecule is Cc1ccc(C(C)NC(=O)CSc2nc(C)c(C)n2CC(C)C)cc1C. The van der Waals surface area contributed by atoms with Gasteiger partial charge in [-0.2, -0.15) is 0 Å².